The molecule has 0 amide bonds. The summed E-state index contributed by atoms with van der Waals surface area (Å²) in [5.74, 6) is 0.971. The highest BCUT2D eigenvalue weighted by molar-refractivity contribution is 7.18. The molecular weight excluding hydrogens is 482 g/mol. The highest BCUT2D eigenvalue weighted by Crippen LogP contribution is 2.34. The van der Waals surface area contributed by atoms with E-state index in [-0.39, 0.29) is 0 Å². The van der Waals surface area contributed by atoms with Gasteiger partial charge in [-0.15, -0.1) is 11.3 Å². The van der Waals surface area contributed by atoms with Crippen LogP contribution < -0.4 is 4.74 Å². The van der Waals surface area contributed by atoms with Crippen molar-refractivity contribution in [2.75, 3.05) is 6.61 Å². The van der Waals surface area contributed by atoms with Crippen molar-refractivity contribution in [2.45, 2.75) is 97.3 Å². The lowest BCUT2D eigenvalue weighted by Crippen LogP contribution is -1.97. The second-order valence-corrected chi connectivity index (χ2v) is 11.6. The molecule has 38 heavy (non-hydrogen) atoms. The van der Waals surface area contributed by atoms with E-state index in [1.807, 2.05) is 6.20 Å². The minimum Gasteiger partial charge on any atom is -0.494 e. The molecule has 0 unspecified atom stereocenters. The second kappa shape index (κ2) is 15.7. The summed E-state index contributed by atoms with van der Waals surface area (Å²) in [7, 11) is 0. The maximum Gasteiger partial charge on any atom is 0.123 e. The van der Waals surface area contributed by atoms with Gasteiger partial charge in [0.05, 0.1) is 11.5 Å². The number of aryl methyl sites for hydroxylation is 1. The van der Waals surface area contributed by atoms with Crippen LogP contribution >= 0.6 is 11.3 Å². The molecule has 0 N–H and O–H groups in total. The molecule has 0 spiro atoms. The SMILES string of the molecule is CCCCCCCCCCOc1ccc2cc(-c3ncc(-c4ccc(CCCCCC)cc4)s3)ccc2c1. The second-order valence-electron chi connectivity index (χ2n) is 10.6. The average molecular weight is 528 g/mol. The third-order valence-electron chi connectivity index (χ3n) is 7.39. The fourth-order valence-electron chi connectivity index (χ4n) is 5.01. The number of fused-ring (bicyclic) bond motifs is 1. The van der Waals surface area contributed by atoms with Crippen LogP contribution in [0.2, 0.25) is 0 Å². The highest BCUT2D eigenvalue weighted by atomic mass is 32.1. The number of rotatable bonds is 17. The summed E-state index contributed by atoms with van der Waals surface area (Å²) < 4.78 is 6.06. The Kier molecular flexibility index (Phi) is 11.7. The molecule has 0 saturated carbocycles. The fourth-order valence-corrected chi connectivity index (χ4v) is 5.92. The first-order valence-corrected chi connectivity index (χ1v) is 15.8. The van der Waals surface area contributed by atoms with Gasteiger partial charge in [-0.1, -0.05) is 121 Å². The number of hydrogen-bond donors (Lipinski definition) is 0. The molecular formula is C35H45NOS. The Labute approximate surface area is 234 Å². The predicted octanol–water partition coefficient (Wildman–Crippen LogP) is 11.3. The van der Waals surface area contributed by atoms with Crippen molar-refractivity contribution in [2.24, 2.45) is 0 Å². The van der Waals surface area contributed by atoms with Crippen molar-refractivity contribution < 1.29 is 4.74 Å². The molecule has 4 aromatic rings. The van der Waals surface area contributed by atoms with Crippen LogP contribution in [-0.2, 0) is 6.42 Å². The summed E-state index contributed by atoms with van der Waals surface area (Å²) in [6.07, 6.45) is 19.0. The minimum absolute atomic E-state index is 0.806. The Balaban J connectivity index is 1.28. The maximum atomic E-state index is 6.06. The number of ether oxygens (including phenoxy) is 1. The zero-order valence-corrected chi connectivity index (χ0v) is 24.3. The monoisotopic (exact) mass is 527 g/mol. The Morgan fingerprint density at radius 2 is 1.26 bits per heavy atom. The molecule has 0 bridgehead atoms. The van der Waals surface area contributed by atoms with Crippen LogP contribution in [0.1, 0.15) is 96.5 Å². The summed E-state index contributed by atoms with van der Waals surface area (Å²) in [6, 6.07) is 22.2. The molecule has 0 saturated heterocycles. The van der Waals surface area contributed by atoms with Crippen molar-refractivity contribution >= 4 is 22.1 Å². The van der Waals surface area contributed by atoms with Crippen molar-refractivity contribution in [1.82, 2.24) is 4.98 Å². The molecule has 2 nitrogen and oxygen atoms in total. The molecule has 0 aliphatic carbocycles. The number of hydrogen-bond acceptors (Lipinski definition) is 3. The summed E-state index contributed by atoms with van der Waals surface area (Å²) in [6.45, 7) is 5.34. The Morgan fingerprint density at radius 1 is 0.632 bits per heavy atom. The number of benzene rings is 3. The molecule has 0 atom stereocenters. The third-order valence-corrected chi connectivity index (χ3v) is 8.48. The number of nitrogens with zero attached hydrogens (tertiary/aromatic N) is 1. The third kappa shape index (κ3) is 8.70. The lowest BCUT2D eigenvalue weighted by Gasteiger charge is -2.08. The van der Waals surface area contributed by atoms with Crippen molar-refractivity contribution in [3.63, 3.8) is 0 Å². The van der Waals surface area contributed by atoms with Crippen LogP contribution in [-0.4, -0.2) is 11.6 Å². The van der Waals surface area contributed by atoms with E-state index < -0.39 is 0 Å². The van der Waals surface area contributed by atoms with E-state index in [9.17, 15) is 0 Å². The van der Waals surface area contributed by atoms with Crippen LogP contribution in [0.3, 0.4) is 0 Å². The topological polar surface area (TPSA) is 22.1 Å². The van der Waals surface area contributed by atoms with E-state index in [1.54, 1.807) is 11.3 Å². The zero-order valence-electron chi connectivity index (χ0n) is 23.5. The van der Waals surface area contributed by atoms with E-state index in [2.05, 4.69) is 74.5 Å². The lowest BCUT2D eigenvalue weighted by molar-refractivity contribution is 0.304. The molecule has 0 radical (unpaired) electrons. The first-order chi connectivity index (χ1) is 18.8. The van der Waals surface area contributed by atoms with E-state index in [0.717, 1.165) is 23.8 Å². The highest BCUT2D eigenvalue weighted by Gasteiger charge is 2.08. The van der Waals surface area contributed by atoms with Gasteiger partial charge < -0.3 is 4.74 Å². The van der Waals surface area contributed by atoms with Crippen molar-refractivity contribution in [3.05, 3.63) is 72.4 Å². The molecule has 3 heteroatoms. The number of unbranched alkanes of at least 4 members (excludes halogenated alkanes) is 10. The Bertz CT molecular complexity index is 1230. The fraction of sp³-hybridized carbons (Fsp3) is 0.457. The average Bonchev–Trinajstić information content (AvgIpc) is 3.45. The van der Waals surface area contributed by atoms with Gasteiger partial charge in [-0.3, -0.25) is 0 Å². The molecule has 4 rings (SSSR count). The summed E-state index contributed by atoms with van der Waals surface area (Å²) in [4.78, 5) is 5.98. The number of aromatic nitrogens is 1. The summed E-state index contributed by atoms with van der Waals surface area (Å²) in [5, 5.41) is 3.51. The largest absolute Gasteiger partial charge is 0.494 e. The summed E-state index contributed by atoms with van der Waals surface area (Å²) >= 11 is 1.77. The molecule has 0 fully saturated rings. The molecule has 0 aliphatic heterocycles. The van der Waals surface area contributed by atoms with E-state index in [4.69, 9.17) is 9.72 Å². The van der Waals surface area contributed by atoms with Crippen molar-refractivity contribution in [3.8, 4) is 26.8 Å². The molecule has 3 aromatic carbocycles. The molecule has 202 valence electrons. The van der Waals surface area contributed by atoms with Gasteiger partial charge in [0.15, 0.2) is 0 Å². The summed E-state index contributed by atoms with van der Waals surface area (Å²) in [5.41, 5.74) is 3.87. The normalized spacial score (nSPS) is 11.3. The smallest absolute Gasteiger partial charge is 0.123 e. The van der Waals surface area contributed by atoms with Gasteiger partial charge in [0.25, 0.3) is 0 Å². The lowest BCUT2D eigenvalue weighted by atomic mass is 10.0. The van der Waals surface area contributed by atoms with E-state index in [1.165, 1.54) is 109 Å². The Morgan fingerprint density at radius 3 is 2.03 bits per heavy atom. The Hall–Kier alpha value is -2.65. The van der Waals surface area contributed by atoms with Gasteiger partial charge in [0, 0.05) is 11.8 Å². The molecule has 0 aliphatic rings. The van der Waals surface area contributed by atoms with Gasteiger partial charge in [-0.2, -0.15) is 0 Å². The van der Waals surface area contributed by atoms with Crippen LogP contribution in [0.15, 0.2) is 66.9 Å². The standard InChI is InChI=1S/C35H45NOS/c1-3-5-7-9-10-11-12-14-24-37-33-23-22-30-25-32(21-20-31(30)26-33)35-36-27-34(38-35)29-18-16-28(17-19-29)15-13-8-6-4-2/h16-23,25-27H,3-15,24H2,1-2H3. The van der Waals surface area contributed by atoms with Gasteiger partial charge in [0.1, 0.15) is 10.8 Å². The molecule has 1 heterocycles. The first-order valence-electron chi connectivity index (χ1n) is 15.0. The van der Waals surface area contributed by atoms with Gasteiger partial charge in [-0.05, 0) is 59.4 Å². The quantitative estimate of drug-likeness (QED) is 0.127. The van der Waals surface area contributed by atoms with E-state index >= 15 is 0 Å². The first kappa shape index (κ1) is 28.4. The maximum absolute atomic E-state index is 6.06. The number of thiazole rings is 1. The minimum atomic E-state index is 0.806. The predicted molar refractivity (Wildman–Crippen MR) is 166 cm³/mol. The van der Waals surface area contributed by atoms with Gasteiger partial charge >= 0.3 is 0 Å². The molecule has 1 aromatic heterocycles. The van der Waals surface area contributed by atoms with Gasteiger partial charge in [-0.25, -0.2) is 4.98 Å². The van der Waals surface area contributed by atoms with Crippen LogP contribution in [0.4, 0.5) is 0 Å². The van der Waals surface area contributed by atoms with E-state index in [0.29, 0.717) is 0 Å². The van der Waals surface area contributed by atoms with Crippen LogP contribution in [0.25, 0.3) is 31.8 Å². The van der Waals surface area contributed by atoms with Crippen LogP contribution in [0.5, 0.6) is 5.75 Å². The van der Waals surface area contributed by atoms with Crippen LogP contribution in [0, 0.1) is 0 Å². The zero-order chi connectivity index (χ0) is 26.4. The van der Waals surface area contributed by atoms with Gasteiger partial charge in [0.2, 0.25) is 0 Å². The van der Waals surface area contributed by atoms with Crippen molar-refractivity contribution in [1.29, 1.82) is 0 Å².